The first-order chi connectivity index (χ1) is 14.9. The number of amides is 2. The van der Waals surface area contributed by atoms with Gasteiger partial charge < -0.3 is 20.3 Å². The minimum atomic E-state index is -0.779. The number of alkyl halides is 1. The molecule has 32 heavy (non-hydrogen) atoms. The summed E-state index contributed by atoms with van der Waals surface area (Å²) in [4.78, 5) is 27.5. The molecule has 178 valence electrons. The van der Waals surface area contributed by atoms with Crippen molar-refractivity contribution in [1.29, 1.82) is 0 Å². The van der Waals surface area contributed by atoms with Gasteiger partial charge in [-0.05, 0) is 70.7 Å². The maximum absolute atomic E-state index is 14.0. The van der Waals surface area contributed by atoms with Crippen molar-refractivity contribution in [1.82, 2.24) is 10.2 Å². The van der Waals surface area contributed by atoms with Crippen LogP contribution in [0.5, 0.6) is 0 Å². The number of hydrogen-bond acceptors (Lipinski definition) is 4. The van der Waals surface area contributed by atoms with Crippen LogP contribution >= 0.6 is 23.2 Å². The summed E-state index contributed by atoms with van der Waals surface area (Å²) >= 11 is 11.6. The highest BCUT2D eigenvalue weighted by Crippen LogP contribution is 2.44. The molecule has 0 spiro atoms. The van der Waals surface area contributed by atoms with Crippen LogP contribution in [-0.4, -0.2) is 59.0 Å². The Labute approximate surface area is 201 Å². The molecule has 1 aromatic rings. The van der Waals surface area contributed by atoms with Gasteiger partial charge in [-0.25, -0.2) is 0 Å². The Balaban J connectivity index is 1.78. The summed E-state index contributed by atoms with van der Waals surface area (Å²) in [5.41, 5.74) is -0.823. The number of nitrogens with one attached hydrogen (secondary N) is 2. The van der Waals surface area contributed by atoms with Gasteiger partial charge >= 0.3 is 0 Å². The number of likely N-dealkylation sites (tertiary alicyclic amines) is 1. The van der Waals surface area contributed by atoms with Crippen LogP contribution in [0.2, 0.25) is 5.02 Å². The molecule has 0 radical (unpaired) electrons. The summed E-state index contributed by atoms with van der Waals surface area (Å²) in [6.07, 6.45) is 2.84. The first-order valence-corrected chi connectivity index (χ1v) is 12.2. The van der Waals surface area contributed by atoms with Gasteiger partial charge in [-0.2, -0.15) is 0 Å². The molecule has 2 N–H and O–H groups in total. The van der Waals surface area contributed by atoms with E-state index in [0.29, 0.717) is 43.4 Å². The first kappa shape index (κ1) is 25.1. The van der Waals surface area contributed by atoms with Gasteiger partial charge in [0.05, 0.1) is 11.2 Å². The summed E-state index contributed by atoms with van der Waals surface area (Å²) < 4.78 is 6.31. The summed E-state index contributed by atoms with van der Waals surface area (Å²) in [5.74, 6) is 0.293. The van der Waals surface area contributed by atoms with E-state index in [4.69, 9.17) is 27.9 Å². The normalized spacial score (nSPS) is 22.2. The molecule has 6 nitrogen and oxygen atoms in total. The van der Waals surface area contributed by atoms with E-state index in [1.165, 1.54) is 0 Å². The molecule has 3 rings (SSSR count). The third kappa shape index (κ3) is 6.30. The Bertz CT molecular complexity index is 802. The maximum atomic E-state index is 14.0. The van der Waals surface area contributed by atoms with Crippen LogP contribution in [0.1, 0.15) is 53.4 Å². The number of carbonyl (C=O) groups excluding carboxylic acids is 2. The lowest BCUT2D eigenvalue weighted by Gasteiger charge is -2.53. The average molecular weight is 484 g/mol. The molecule has 0 aromatic heterocycles. The number of ether oxygens (including phenoxy) is 1. The largest absolute Gasteiger partial charge is 0.371 e. The van der Waals surface area contributed by atoms with E-state index >= 15 is 0 Å². The summed E-state index contributed by atoms with van der Waals surface area (Å²) in [6.45, 7) is 10.1. The maximum Gasteiger partial charge on any atom is 0.248 e. The molecule has 0 saturated carbocycles. The van der Waals surface area contributed by atoms with Crippen LogP contribution in [0.15, 0.2) is 24.3 Å². The Kier molecular flexibility index (Phi) is 7.68. The third-order valence-electron chi connectivity index (χ3n) is 6.26. The number of carbonyl (C=O) groups is 2. The zero-order valence-electron chi connectivity index (χ0n) is 19.5. The van der Waals surface area contributed by atoms with Crippen LogP contribution in [0.25, 0.3) is 0 Å². The minimum Gasteiger partial charge on any atom is -0.371 e. The molecule has 1 aromatic carbocycles. The van der Waals surface area contributed by atoms with Crippen molar-refractivity contribution in [2.45, 2.75) is 70.1 Å². The standard InChI is InChI=1S/C24H35Cl2N3O3/c1-22(2)15-24(16-23(3,4)32-22,28-19-7-5-18(26)6-8-19)21(31)29-11-9-17(10-12-29)14-27-20(30)13-25/h5-8,17,28H,9-16H2,1-4H3,(H,27,30). The van der Waals surface area contributed by atoms with E-state index in [0.717, 1.165) is 18.5 Å². The summed E-state index contributed by atoms with van der Waals surface area (Å²) in [5, 5.41) is 7.11. The Hall–Kier alpha value is -1.50. The van der Waals surface area contributed by atoms with Crippen molar-refractivity contribution in [2.75, 3.05) is 30.8 Å². The topological polar surface area (TPSA) is 70.7 Å². The van der Waals surface area contributed by atoms with E-state index in [9.17, 15) is 9.59 Å². The smallest absolute Gasteiger partial charge is 0.248 e. The highest BCUT2D eigenvalue weighted by atomic mass is 35.5. The number of benzene rings is 1. The van der Waals surface area contributed by atoms with Gasteiger partial charge in [0.1, 0.15) is 11.4 Å². The fourth-order valence-corrected chi connectivity index (χ4v) is 5.61. The van der Waals surface area contributed by atoms with E-state index in [1.54, 1.807) is 0 Å². The number of piperidine rings is 1. The molecule has 8 heteroatoms. The highest BCUT2D eigenvalue weighted by Gasteiger charge is 2.54. The van der Waals surface area contributed by atoms with Crippen molar-refractivity contribution < 1.29 is 14.3 Å². The predicted octanol–water partition coefficient (Wildman–Crippen LogP) is 4.45. The molecule has 2 aliphatic rings. The molecule has 2 amide bonds. The van der Waals surface area contributed by atoms with Crippen LogP contribution < -0.4 is 10.6 Å². The van der Waals surface area contributed by atoms with Crippen molar-refractivity contribution in [2.24, 2.45) is 5.92 Å². The van der Waals surface area contributed by atoms with Crippen LogP contribution in [-0.2, 0) is 14.3 Å². The molecule has 0 unspecified atom stereocenters. The molecular formula is C24H35Cl2N3O3. The highest BCUT2D eigenvalue weighted by molar-refractivity contribution is 6.30. The Morgan fingerprint density at radius 1 is 1.06 bits per heavy atom. The predicted molar refractivity (Wildman–Crippen MR) is 129 cm³/mol. The summed E-state index contributed by atoms with van der Waals surface area (Å²) in [6, 6.07) is 7.49. The van der Waals surface area contributed by atoms with Gasteiger partial charge in [-0.15, -0.1) is 11.6 Å². The van der Waals surface area contributed by atoms with Crippen molar-refractivity contribution in [3.05, 3.63) is 29.3 Å². The molecule has 0 atom stereocenters. The lowest BCUT2D eigenvalue weighted by atomic mass is 9.73. The monoisotopic (exact) mass is 483 g/mol. The van der Waals surface area contributed by atoms with Crippen LogP contribution in [0, 0.1) is 5.92 Å². The summed E-state index contributed by atoms with van der Waals surface area (Å²) in [7, 11) is 0. The van der Waals surface area contributed by atoms with Gasteiger partial charge in [0.2, 0.25) is 11.8 Å². The van der Waals surface area contributed by atoms with Gasteiger partial charge in [0.25, 0.3) is 0 Å². The van der Waals surface area contributed by atoms with Gasteiger partial charge in [-0.3, -0.25) is 9.59 Å². The SMILES string of the molecule is CC1(C)CC(Nc2ccc(Cl)cc2)(C(=O)N2CCC(CNC(=O)CCl)CC2)CC(C)(C)O1. The lowest BCUT2D eigenvalue weighted by Crippen LogP contribution is -2.65. The first-order valence-electron chi connectivity index (χ1n) is 11.3. The number of halogens is 2. The number of nitrogens with zero attached hydrogens (tertiary/aromatic N) is 1. The minimum absolute atomic E-state index is 0.0239. The molecule has 2 fully saturated rings. The van der Waals surface area contributed by atoms with E-state index in [1.807, 2.05) is 56.9 Å². The van der Waals surface area contributed by atoms with E-state index in [-0.39, 0.29) is 17.7 Å². The quantitative estimate of drug-likeness (QED) is 0.586. The van der Waals surface area contributed by atoms with E-state index in [2.05, 4.69) is 10.6 Å². The lowest BCUT2D eigenvalue weighted by molar-refractivity contribution is -0.184. The van der Waals surface area contributed by atoms with Crippen molar-refractivity contribution in [3.63, 3.8) is 0 Å². The third-order valence-corrected chi connectivity index (χ3v) is 6.75. The van der Waals surface area contributed by atoms with Gasteiger partial charge in [-0.1, -0.05) is 11.6 Å². The molecule has 0 aliphatic carbocycles. The fourth-order valence-electron chi connectivity index (χ4n) is 5.39. The average Bonchev–Trinajstić information content (AvgIpc) is 2.71. The van der Waals surface area contributed by atoms with Crippen molar-refractivity contribution in [3.8, 4) is 0 Å². The van der Waals surface area contributed by atoms with Gasteiger partial charge in [0.15, 0.2) is 0 Å². The van der Waals surface area contributed by atoms with Crippen LogP contribution in [0.3, 0.4) is 0 Å². The number of hydrogen-bond donors (Lipinski definition) is 2. The van der Waals surface area contributed by atoms with Gasteiger partial charge in [0, 0.05) is 43.2 Å². The second kappa shape index (κ2) is 9.78. The molecular weight excluding hydrogens is 449 g/mol. The molecule has 2 saturated heterocycles. The van der Waals surface area contributed by atoms with Crippen LogP contribution in [0.4, 0.5) is 5.69 Å². The Morgan fingerprint density at radius 3 is 2.16 bits per heavy atom. The zero-order chi connectivity index (χ0) is 23.6. The molecule has 0 bridgehead atoms. The molecule has 2 heterocycles. The zero-order valence-corrected chi connectivity index (χ0v) is 21.0. The molecule has 2 aliphatic heterocycles. The van der Waals surface area contributed by atoms with E-state index < -0.39 is 16.7 Å². The fraction of sp³-hybridized carbons (Fsp3) is 0.667. The number of anilines is 1. The van der Waals surface area contributed by atoms with Crippen molar-refractivity contribution >= 4 is 40.7 Å². The second-order valence-corrected chi connectivity index (χ2v) is 11.1. The second-order valence-electron chi connectivity index (χ2n) is 10.4. The Morgan fingerprint density at radius 2 is 1.62 bits per heavy atom. The number of rotatable bonds is 6.